The van der Waals surface area contributed by atoms with Crippen molar-refractivity contribution in [1.29, 1.82) is 0 Å². The Morgan fingerprint density at radius 2 is 1.92 bits per heavy atom. The van der Waals surface area contributed by atoms with Gasteiger partial charge in [0.05, 0.1) is 10.7 Å². The van der Waals surface area contributed by atoms with Crippen LogP contribution in [0.1, 0.15) is 12.0 Å². The first-order valence-electron chi connectivity index (χ1n) is 7.83. The lowest BCUT2D eigenvalue weighted by atomic mass is 10.2. The zero-order valence-corrected chi connectivity index (χ0v) is 16.5. The number of hydrogen-bond donors (Lipinski definition) is 1. The third kappa shape index (κ3) is 5.06. The highest BCUT2D eigenvalue weighted by Crippen LogP contribution is 2.36. The molecule has 0 spiro atoms. The molecule has 25 heavy (non-hydrogen) atoms. The number of rotatable bonds is 6. The van der Waals surface area contributed by atoms with Gasteiger partial charge in [-0.3, -0.25) is 4.79 Å². The number of carbonyl (C=O) groups is 1. The summed E-state index contributed by atoms with van der Waals surface area (Å²) in [4.78, 5) is 12.0. The Labute approximate surface area is 164 Å². The minimum atomic E-state index is -0.0400. The molecule has 2 aromatic carbocycles. The molecule has 0 aromatic heterocycles. The fraction of sp³-hybridized carbons (Fsp3) is 0.278. The summed E-state index contributed by atoms with van der Waals surface area (Å²) in [5.74, 6) is 3.02. The molecule has 0 saturated carbocycles. The van der Waals surface area contributed by atoms with Gasteiger partial charge in [-0.15, -0.1) is 0 Å². The van der Waals surface area contributed by atoms with E-state index in [0.717, 1.165) is 33.0 Å². The quantitative estimate of drug-likeness (QED) is 0.630. The van der Waals surface area contributed by atoms with Gasteiger partial charge >= 0.3 is 0 Å². The van der Waals surface area contributed by atoms with Gasteiger partial charge in [-0.05, 0) is 29.8 Å². The molecule has 0 fully saturated rings. The Morgan fingerprint density at radius 3 is 2.68 bits per heavy atom. The molecule has 3 rings (SSSR count). The topological polar surface area (TPSA) is 47.6 Å². The van der Waals surface area contributed by atoms with E-state index in [1.54, 1.807) is 23.9 Å². The third-order valence-electron chi connectivity index (χ3n) is 3.59. The Kier molecular flexibility index (Phi) is 6.51. The fourth-order valence-corrected chi connectivity index (χ4v) is 4.10. The minimum absolute atomic E-state index is 0.0400. The second kappa shape index (κ2) is 8.83. The molecule has 1 heterocycles. The molecular weight excluding hydrogens is 426 g/mol. The summed E-state index contributed by atoms with van der Waals surface area (Å²) >= 11 is 11.3. The highest BCUT2D eigenvalue weighted by molar-refractivity contribution is 9.10. The highest BCUT2D eigenvalue weighted by atomic mass is 79.9. The lowest BCUT2D eigenvalue weighted by molar-refractivity contribution is -0.115. The predicted octanol–water partition coefficient (Wildman–Crippen LogP) is 5.14. The molecule has 1 aliphatic heterocycles. The van der Waals surface area contributed by atoms with Crippen LogP contribution in [0.4, 0.5) is 5.69 Å². The molecule has 2 aromatic rings. The lowest BCUT2D eigenvalue weighted by Crippen LogP contribution is -2.15. The normalized spacial score (nSPS) is 12.7. The van der Waals surface area contributed by atoms with Gasteiger partial charge in [-0.25, -0.2) is 0 Å². The van der Waals surface area contributed by atoms with Crippen LogP contribution in [0.2, 0.25) is 5.02 Å². The number of fused-ring (bicyclic) bond motifs is 1. The van der Waals surface area contributed by atoms with Crippen molar-refractivity contribution in [2.75, 3.05) is 24.3 Å². The van der Waals surface area contributed by atoms with E-state index in [9.17, 15) is 4.79 Å². The van der Waals surface area contributed by atoms with Gasteiger partial charge in [0.15, 0.2) is 11.5 Å². The van der Waals surface area contributed by atoms with E-state index >= 15 is 0 Å². The van der Waals surface area contributed by atoms with Gasteiger partial charge in [-0.1, -0.05) is 39.7 Å². The number of halogens is 2. The van der Waals surface area contributed by atoms with Gasteiger partial charge in [0, 0.05) is 22.4 Å². The van der Waals surface area contributed by atoms with Gasteiger partial charge in [0.25, 0.3) is 0 Å². The Bertz CT molecular complexity index is 772. The first-order valence-corrected chi connectivity index (χ1v) is 10.2. The molecular formula is C18H17BrClNO3S. The average molecular weight is 443 g/mol. The first-order chi connectivity index (χ1) is 12.1. The number of benzene rings is 2. The largest absolute Gasteiger partial charge is 0.486 e. The van der Waals surface area contributed by atoms with Crippen LogP contribution >= 0.6 is 39.3 Å². The van der Waals surface area contributed by atoms with Crippen molar-refractivity contribution < 1.29 is 14.3 Å². The van der Waals surface area contributed by atoms with Crippen LogP contribution in [0.25, 0.3) is 0 Å². The molecule has 0 radical (unpaired) electrons. The molecule has 1 aliphatic rings. The summed E-state index contributed by atoms with van der Waals surface area (Å²) < 4.78 is 12.2. The number of anilines is 1. The number of amides is 1. The van der Waals surface area contributed by atoms with Crippen molar-refractivity contribution in [3.63, 3.8) is 0 Å². The number of para-hydroxylation sites is 1. The van der Waals surface area contributed by atoms with Gasteiger partial charge < -0.3 is 14.8 Å². The van der Waals surface area contributed by atoms with E-state index < -0.39 is 0 Å². The van der Waals surface area contributed by atoms with Crippen LogP contribution in [0, 0.1) is 0 Å². The van der Waals surface area contributed by atoms with E-state index in [4.69, 9.17) is 21.1 Å². The standard InChI is InChI=1S/C18H17BrClNO3S/c19-13-10-17-16(23-6-7-24-17)9-12(13)11-25-8-5-18(22)21-15-4-2-1-3-14(15)20/h1-4,9-10H,5-8,11H2,(H,21,22). The molecule has 0 atom stereocenters. The Balaban J connectivity index is 1.47. The van der Waals surface area contributed by atoms with Crippen LogP contribution in [0.15, 0.2) is 40.9 Å². The lowest BCUT2D eigenvalue weighted by Gasteiger charge is -2.19. The SMILES string of the molecule is O=C(CCSCc1cc2c(cc1Br)OCCO2)Nc1ccccc1Cl. The summed E-state index contributed by atoms with van der Waals surface area (Å²) in [6.45, 7) is 1.15. The van der Waals surface area contributed by atoms with E-state index in [2.05, 4.69) is 21.2 Å². The second-order valence-electron chi connectivity index (χ2n) is 5.42. The smallest absolute Gasteiger partial charge is 0.225 e. The monoisotopic (exact) mass is 441 g/mol. The van der Waals surface area contributed by atoms with Crippen LogP contribution in [0.5, 0.6) is 11.5 Å². The van der Waals surface area contributed by atoms with Crippen LogP contribution < -0.4 is 14.8 Å². The second-order valence-corrected chi connectivity index (χ2v) is 7.78. The molecule has 7 heteroatoms. The van der Waals surface area contributed by atoms with Gasteiger partial charge in [0.1, 0.15) is 13.2 Å². The number of nitrogens with one attached hydrogen (secondary N) is 1. The van der Waals surface area contributed by atoms with E-state index in [1.165, 1.54) is 0 Å². The molecule has 0 aliphatic carbocycles. The maximum Gasteiger partial charge on any atom is 0.225 e. The van der Waals surface area contributed by atoms with E-state index in [-0.39, 0.29) is 5.91 Å². The van der Waals surface area contributed by atoms with Crippen molar-refractivity contribution in [3.05, 3.63) is 51.5 Å². The number of ether oxygens (including phenoxy) is 2. The fourth-order valence-electron chi connectivity index (χ4n) is 2.34. The first kappa shape index (κ1) is 18.4. The van der Waals surface area contributed by atoms with Gasteiger partial charge in [0.2, 0.25) is 5.91 Å². The number of carbonyl (C=O) groups excluding carboxylic acids is 1. The van der Waals surface area contributed by atoms with Crippen molar-refractivity contribution in [3.8, 4) is 11.5 Å². The molecule has 1 N–H and O–H groups in total. The number of hydrogen-bond acceptors (Lipinski definition) is 4. The Hall–Kier alpha value is -1.37. The summed E-state index contributed by atoms with van der Waals surface area (Å²) in [5, 5.41) is 3.38. The maximum absolute atomic E-state index is 12.0. The molecule has 0 unspecified atom stereocenters. The van der Waals surface area contributed by atoms with Crippen LogP contribution in [-0.2, 0) is 10.5 Å². The molecule has 132 valence electrons. The third-order valence-corrected chi connectivity index (χ3v) is 5.67. The van der Waals surface area contributed by atoms with E-state index in [0.29, 0.717) is 30.3 Å². The van der Waals surface area contributed by atoms with Gasteiger partial charge in [-0.2, -0.15) is 11.8 Å². The summed E-state index contributed by atoms with van der Waals surface area (Å²) in [6, 6.07) is 11.2. The van der Waals surface area contributed by atoms with E-state index in [1.807, 2.05) is 24.3 Å². The molecule has 0 bridgehead atoms. The van der Waals surface area contributed by atoms with Crippen LogP contribution in [-0.4, -0.2) is 24.9 Å². The van der Waals surface area contributed by atoms with Crippen molar-refractivity contribution in [1.82, 2.24) is 0 Å². The Morgan fingerprint density at radius 1 is 1.20 bits per heavy atom. The predicted molar refractivity (Wildman–Crippen MR) is 106 cm³/mol. The van der Waals surface area contributed by atoms with Crippen molar-refractivity contribution >= 4 is 50.9 Å². The minimum Gasteiger partial charge on any atom is -0.486 e. The summed E-state index contributed by atoms with van der Waals surface area (Å²) in [6.07, 6.45) is 0.429. The highest BCUT2D eigenvalue weighted by Gasteiger charge is 2.15. The average Bonchev–Trinajstić information content (AvgIpc) is 2.61. The molecule has 1 amide bonds. The molecule has 0 saturated heterocycles. The number of thioether (sulfide) groups is 1. The molecule has 4 nitrogen and oxygen atoms in total. The van der Waals surface area contributed by atoms with Crippen molar-refractivity contribution in [2.24, 2.45) is 0 Å². The zero-order valence-electron chi connectivity index (χ0n) is 13.4. The maximum atomic E-state index is 12.0. The van der Waals surface area contributed by atoms with Crippen molar-refractivity contribution in [2.45, 2.75) is 12.2 Å². The van der Waals surface area contributed by atoms with Crippen LogP contribution in [0.3, 0.4) is 0 Å². The summed E-state index contributed by atoms with van der Waals surface area (Å²) in [7, 11) is 0. The summed E-state index contributed by atoms with van der Waals surface area (Å²) in [5.41, 5.74) is 1.77. The zero-order chi connectivity index (χ0) is 17.6.